The third kappa shape index (κ3) is 3.26. The minimum Gasteiger partial charge on any atom is -0.434 e. The lowest BCUT2D eigenvalue weighted by molar-refractivity contribution is -0.108. The third-order valence-electron chi connectivity index (χ3n) is 4.02. The number of ether oxygens (including phenoxy) is 2. The maximum Gasteiger partial charge on any atom is 0.508 e. The SMILES string of the molecule is O=CCCCOC(=O)OCC1c2ccccc2-c2ccccc21. The van der Waals surface area contributed by atoms with Crippen molar-refractivity contribution in [2.75, 3.05) is 13.2 Å². The van der Waals surface area contributed by atoms with E-state index in [9.17, 15) is 9.59 Å². The Balaban J connectivity index is 1.66. The maximum absolute atomic E-state index is 11.7. The average Bonchev–Trinajstić information content (AvgIpc) is 2.91. The summed E-state index contributed by atoms with van der Waals surface area (Å²) in [5.41, 5.74) is 4.72. The van der Waals surface area contributed by atoms with Gasteiger partial charge in [-0.25, -0.2) is 4.79 Å². The highest BCUT2D eigenvalue weighted by atomic mass is 16.7. The lowest BCUT2D eigenvalue weighted by atomic mass is 9.98. The first kappa shape index (κ1) is 15.3. The normalized spacial score (nSPS) is 12.3. The van der Waals surface area contributed by atoms with Gasteiger partial charge in [-0.3, -0.25) is 0 Å². The van der Waals surface area contributed by atoms with E-state index in [-0.39, 0.29) is 19.1 Å². The van der Waals surface area contributed by atoms with Gasteiger partial charge >= 0.3 is 6.16 Å². The number of unbranched alkanes of at least 4 members (excludes halogenated alkanes) is 1. The molecule has 4 heteroatoms. The van der Waals surface area contributed by atoms with Gasteiger partial charge in [-0.2, -0.15) is 0 Å². The van der Waals surface area contributed by atoms with Crippen molar-refractivity contribution < 1.29 is 19.1 Å². The molecule has 0 bridgehead atoms. The number of hydrogen-bond donors (Lipinski definition) is 0. The molecule has 0 radical (unpaired) electrons. The Morgan fingerprint density at radius 1 is 0.957 bits per heavy atom. The molecule has 0 aliphatic heterocycles. The minimum atomic E-state index is -0.683. The van der Waals surface area contributed by atoms with Gasteiger partial charge in [0, 0.05) is 12.3 Å². The van der Waals surface area contributed by atoms with Crippen LogP contribution >= 0.6 is 0 Å². The predicted octanol–water partition coefficient (Wildman–Crippen LogP) is 3.93. The molecule has 0 aromatic heterocycles. The molecular weight excluding hydrogens is 292 g/mol. The summed E-state index contributed by atoms with van der Waals surface area (Å²) < 4.78 is 10.2. The molecule has 0 N–H and O–H groups in total. The molecule has 0 saturated carbocycles. The molecule has 1 aliphatic carbocycles. The van der Waals surface area contributed by atoms with Crippen LogP contribution in [0.5, 0.6) is 0 Å². The Morgan fingerprint density at radius 3 is 2.17 bits per heavy atom. The van der Waals surface area contributed by atoms with Gasteiger partial charge < -0.3 is 14.3 Å². The number of carbonyl (C=O) groups is 2. The standard InChI is InChI=1S/C19H18O4/c20-11-5-6-12-22-19(21)23-13-18-16-9-3-1-7-14(16)15-8-2-4-10-17(15)18/h1-4,7-11,18H,5-6,12-13H2. The number of benzene rings is 2. The predicted molar refractivity (Wildman–Crippen MR) is 86.3 cm³/mol. The summed E-state index contributed by atoms with van der Waals surface area (Å²) in [5.74, 6) is 0.0323. The lowest BCUT2D eigenvalue weighted by Crippen LogP contribution is -2.14. The summed E-state index contributed by atoms with van der Waals surface area (Å²) in [6.45, 7) is 0.454. The van der Waals surface area contributed by atoms with Crippen LogP contribution in [0.4, 0.5) is 4.79 Å². The van der Waals surface area contributed by atoms with Gasteiger partial charge in [0.2, 0.25) is 0 Å². The van der Waals surface area contributed by atoms with Crippen LogP contribution in [-0.4, -0.2) is 25.7 Å². The molecule has 3 rings (SSSR count). The quantitative estimate of drug-likeness (QED) is 0.461. The van der Waals surface area contributed by atoms with Crippen LogP contribution in [0.1, 0.15) is 29.9 Å². The Hall–Kier alpha value is -2.62. The second kappa shape index (κ2) is 7.09. The largest absolute Gasteiger partial charge is 0.508 e. The van der Waals surface area contributed by atoms with Crippen molar-refractivity contribution in [1.29, 1.82) is 0 Å². The van der Waals surface area contributed by atoms with E-state index in [1.54, 1.807) is 0 Å². The minimum absolute atomic E-state index is 0.0323. The smallest absolute Gasteiger partial charge is 0.434 e. The number of fused-ring (bicyclic) bond motifs is 3. The lowest BCUT2D eigenvalue weighted by Gasteiger charge is -2.14. The van der Waals surface area contributed by atoms with Gasteiger partial charge in [-0.05, 0) is 28.7 Å². The molecule has 2 aromatic carbocycles. The van der Waals surface area contributed by atoms with E-state index >= 15 is 0 Å². The van der Waals surface area contributed by atoms with Gasteiger partial charge in [0.1, 0.15) is 12.9 Å². The summed E-state index contributed by atoms with van der Waals surface area (Å²) in [5, 5.41) is 0. The Morgan fingerprint density at radius 2 is 1.57 bits per heavy atom. The number of hydrogen-bond acceptors (Lipinski definition) is 4. The monoisotopic (exact) mass is 310 g/mol. The third-order valence-corrected chi connectivity index (χ3v) is 4.02. The zero-order valence-electron chi connectivity index (χ0n) is 12.7. The fraction of sp³-hybridized carbons (Fsp3) is 0.263. The van der Waals surface area contributed by atoms with Crippen LogP contribution in [0.2, 0.25) is 0 Å². The van der Waals surface area contributed by atoms with E-state index in [4.69, 9.17) is 9.47 Å². The Labute approximate surface area is 135 Å². The van der Waals surface area contributed by atoms with Crippen LogP contribution in [0.25, 0.3) is 11.1 Å². The van der Waals surface area contributed by atoms with Crippen LogP contribution in [-0.2, 0) is 14.3 Å². The van der Waals surface area contributed by atoms with Crippen molar-refractivity contribution in [2.45, 2.75) is 18.8 Å². The maximum atomic E-state index is 11.7. The fourth-order valence-corrected chi connectivity index (χ4v) is 2.95. The molecule has 0 saturated heterocycles. The van der Waals surface area contributed by atoms with E-state index in [0.717, 1.165) is 6.29 Å². The highest BCUT2D eigenvalue weighted by molar-refractivity contribution is 5.78. The Bertz CT molecular complexity index is 663. The van der Waals surface area contributed by atoms with Crippen molar-refractivity contribution in [3.63, 3.8) is 0 Å². The summed E-state index contributed by atoms with van der Waals surface area (Å²) in [6, 6.07) is 16.3. The molecule has 4 nitrogen and oxygen atoms in total. The van der Waals surface area contributed by atoms with E-state index in [1.807, 2.05) is 24.3 Å². The van der Waals surface area contributed by atoms with Crippen LogP contribution in [0.3, 0.4) is 0 Å². The van der Waals surface area contributed by atoms with Crippen LogP contribution < -0.4 is 0 Å². The first-order valence-corrected chi connectivity index (χ1v) is 7.72. The van der Waals surface area contributed by atoms with Gasteiger partial charge in [-0.1, -0.05) is 48.5 Å². The first-order valence-electron chi connectivity index (χ1n) is 7.72. The summed E-state index contributed by atoms with van der Waals surface area (Å²) in [4.78, 5) is 21.9. The molecule has 118 valence electrons. The molecule has 2 aromatic rings. The molecule has 0 fully saturated rings. The van der Waals surface area contributed by atoms with Crippen molar-refractivity contribution >= 4 is 12.4 Å². The zero-order valence-corrected chi connectivity index (χ0v) is 12.7. The van der Waals surface area contributed by atoms with Gasteiger partial charge in [0.25, 0.3) is 0 Å². The number of rotatable bonds is 6. The number of aldehydes is 1. The van der Waals surface area contributed by atoms with E-state index in [0.29, 0.717) is 12.8 Å². The van der Waals surface area contributed by atoms with Crippen LogP contribution in [0, 0.1) is 0 Å². The molecule has 0 unspecified atom stereocenters. The Kier molecular flexibility index (Phi) is 4.71. The second-order valence-corrected chi connectivity index (χ2v) is 5.45. The van der Waals surface area contributed by atoms with Gasteiger partial charge in [0.15, 0.2) is 0 Å². The van der Waals surface area contributed by atoms with Crippen molar-refractivity contribution in [1.82, 2.24) is 0 Å². The van der Waals surface area contributed by atoms with Crippen molar-refractivity contribution in [3.8, 4) is 11.1 Å². The van der Waals surface area contributed by atoms with E-state index < -0.39 is 6.16 Å². The second-order valence-electron chi connectivity index (χ2n) is 5.45. The highest BCUT2D eigenvalue weighted by Gasteiger charge is 2.29. The molecule has 1 aliphatic rings. The van der Waals surface area contributed by atoms with Crippen molar-refractivity contribution in [3.05, 3.63) is 59.7 Å². The van der Waals surface area contributed by atoms with Crippen molar-refractivity contribution in [2.24, 2.45) is 0 Å². The topological polar surface area (TPSA) is 52.6 Å². The van der Waals surface area contributed by atoms with Gasteiger partial charge in [-0.15, -0.1) is 0 Å². The van der Waals surface area contributed by atoms with E-state index in [2.05, 4.69) is 24.3 Å². The van der Waals surface area contributed by atoms with Gasteiger partial charge in [0.05, 0.1) is 6.61 Å². The molecule has 0 spiro atoms. The summed E-state index contributed by atoms with van der Waals surface area (Å²) >= 11 is 0. The first-order chi connectivity index (χ1) is 11.3. The van der Waals surface area contributed by atoms with E-state index in [1.165, 1.54) is 22.3 Å². The fourth-order valence-electron chi connectivity index (χ4n) is 2.95. The molecule has 0 atom stereocenters. The number of carbonyl (C=O) groups excluding carboxylic acids is 2. The molecule has 0 heterocycles. The average molecular weight is 310 g/mol. The highest BCUT2D eigenvalue weighted by Crippen LogP contribution is 2.44. The van der Waals surface area contributed by atoms with Crippen LogP contribution in [0.15, 0.2) is 48.5 Å². The zero-order chi connectivity index (χ0) is 16.1. The molecule has 23 heavy (non-hydrogen) atoms. The molecule has 0 amide bonds. The molecular formula is C19H18O4. The summed E-state index contributed by atoms with van der Waals surface area (Å²) in [6.07, 6.45) is 1.03. The summed E-state index contributed by atoms with van der Waals surface area (Å²) in [7, 11) is 0.